The van der Waals surface area contributed by atoms with E-state index in [1.54, 1.807) is 12.1 Å². The van der Waals surface area contributed by atoms with E-state index in [1.165, 1.54) is 12.1 Å². The van der Waals surface area contributed by atoms with E-state index in [4.69, 9.17) is 14.2 Å². The molecule has 0 bridgehead atoms. The molecular weight excluding hydrogens is 315 g/mol. The van der Waals surface area contributed by atoms with E-state index in [0.29, 0.717) is 16.8 Å². The summed E-state index contributed by atoms with van der Waals surface area (Å²) in [7, 11) is 0. The van der Waals surface area contributed by atoms with Gasteiger partial charge in [0.25, 0.3) is 0 Å². The molecule has 0 aliphatic carbocycles. The van der Waals surface area contributed by atoms with Crippen molar-refractivity contribution in [2.75, 3.05) is 6.61 Å². The zero-order chi connectivity index (χ0) is 14.0. The van der Waals surface area contributed by atoms with Gasteiger partial charge in [0.15, 0.2) is 5.79 Å². The molecule has 19 heavy (non-hydrogen) atoms. The maximum Gasteiger partial charge on any atom is 0.163 e. The average Bonchev–Trinajstić information content (AvgIpc) is 2.69. The highest BCUT2D eigenvalue weighted by molar-refractivity contribution is 9.10. The van der Waals surface area contributed by atoms with Crippen LogP contribution in [0.25, 0.3) is 0 Å². The third kappa shape index (κ3) is 3.55. The van der Waals surface area contributed by atoms with Crippen LogP contribution < -0.4 is 4.74 Å². The topological polar surface area (TPSA) is 27.7 Å². The van der Waals surface area contributed by atoms with Crippen LogP contribution >= 0.6 is 15.9 Å². The van der Waals surface area contributed by atoms with Crippen LogP contribution in [0.3, 0.4) is 0 Å². The quantitative estimate of drug-likeness (QED) is 0.788. The first-order valence-electron chi connectivity index (χ1n) is 5.97. The Bertz CT molecular complexity index is 476. The maximum atomic E-state index is 13.0. The van der Waals surface area contributed by atoms with Crippen molar-refractivity contribution in [3.63, 3.8) is 0 Å². The van der Waals surface area contributed by atoms with Gasteiger partial charge in [0, 0.05) is 0 Å². The van der Waals surface area contributed by atoms with Gasteiger partial charge in [-0.1, -0.05) is 6.58 Å². The van der Waals surface area contributed by atoms with Crippen LogP contribution in [0.5, 0.6) is 5.75 Å². The lowest BCUT2D eigenvalue weighted by Crippen LogP contribution is -2.33. The third-order valence-electron chi connectivity index (χ3n) is 2.79. The summed E-state index contributed by atoms with van der Waals surface area (Å²) in [5.74, 6) is -0.398. The molecule has 104 valence electrons. The van der Waals surface area contributed by atoms with Crippen LogP contribution in [0, 0.1) is 5.82 Å². The summed E-state index contributed by atoms with van der Waals surface area (Å²) in [6, 6.07) is 4.26. The van der Waals surface area contributed by atoms with Crippen LogP contribution in [0.2, 0.25) is 0 Å². The van der Waals surface area contributed by atoms with Crippen LogP contribution in [0.15, 0.2) is 35.3 Å². The van der Waals surface area contributed by atoms with Gasteiger partial charge in [-0.25, -0.2) is 4.39 Å². The van der Waals surface area contributed by atoms with Crippen molar-refractivity contribution >= 4 is 15.9 Å². The van der Waals surface area contributed by atoms with E-state index in [0.717, 1.165) is 0 Å². The van der Waals surface area contributed by atoms with Crippen LogP contribution in [-0.2, 0) is 9.47 Å². The predicted molar refractivity (Wildman–Crippen MR) is 73.6 cm³/mol. The summed E-state index contributed by atoms with van der Waals surface area (Å²) in [5, 5.41) is 0. The lowest BCUT2D eigenvalue weighted by atomic mass is 10.2. The molecule has 1 fully saturated rings. The molecule has 0 aromatic heterocycles. The van der Waals surface area contributed by atoms with E-state index >= 15 is 0 Å². The Morgan fingerprint density at radius 2 is 2.32 bits per heavy atom. The zero-order valence-electron chi connectivity index (χ0n) is 10.9. The normalized spacial score (nSPS) is 23.1. The minimum Gasteiger partial charge on any atom is -0.482 e. The van der Waals surface area contributed by atoms with Crippen LogP contribution in [0.1, 0.15) is 13.8 Å². The van der Waals surface area contributed by atoms with E-state index in [-0.39, 0.29) is 18.0 Å². The van der Waals surface area contributed by atoms with Gasteiger partial charge in [0.2, 0.25) is 0 Å². The first kappa shape index (κ1) is 14.5. The predicted octanol–water partition coefficient (Wildman–Crippen LogP) is 3.67. The Morgan fingerprint density at radius 3 is 2.84 bits per heavy atom. The number of rotatable bonds is 4. The molecule has 2 rings (SSSR count). The molecule has 1 aromatic rings. The van der Waals surface area contributed by atoms with Gasteiger partial charge < -0.3 is 14.2 Å². The summed E-state index contributed by atoms with van der Waals surface area (Å²) in [5.41, 5.74) is 0. The van der Waals surface area contributed by atoms with Crippen molar-refractivity contribution in [3.05, 3.63) is 41.1 Å². The fraction of sp³-hybridized carbons (Fsp3) is 0.429. The van der Waals surface area contributed by atoms with E-state index in [1.807, 2.05) is 13.8 Å². The molecule has 0 spiro atoms. The number of halogens is 2. The highest BCUT2D eigenvalue weighted by atomic mass is 79.9. The Morgan fingerprint density at radius 1 is 1.58 bits per heavy atom. The highest BCUT2D eigenvalue weighted by Crippen LogP contribution is 2.30. The lowest BCUT2D eigenvalue weighted by molar-refractivity contribution is -0.145. The van der Waals surface area contributed by atoms with Gasteiger partial charge in [0.05, 0.1) is 11.1 Å². The largest absolute Gasteiger partial charge is 0.482 e. The van der Waals surface area contributed by atoms with Gasteiger partial charge in [0.1, 0.15) is 23.8 Å². The first-order valence-corrected chi connectivity index (χ1v) is 6.76. The molecule has 0 radical (unpaired) electrons. The highest BCUT2D eigenvalue weighted by Gasteiger charge is 2.37. The monoisotopic (exact) mass is 330 g/mol. The molecule has 1 aromatic carbocycles. The molecule has 3 nitrogen and oxygen atoms in total. The molecular formula is C14H16BrFO3. The number of ether oxygens (including phenoxy) is 3. The van der Waals surface area contributed by atoms with Gasteiger partial charge >= 0.3 is 0 Å². The van der Waals surface area contributed by atoms with Gasteiger partial charge in [-0.3, -0.25) is 0 Å². The van der Waals surface area contributed by atoms with E-state index in [2.05, 4.69) is 22.5 Å². The second kappa shape index (κ2) is 5.61. The van der Waals surface area contributed by atoms with Gasteiger partial charge in [-0.05, 0) is 54.1 Å². The summed E-state index contributed by atoms with van der Waals surface area (Å²) < 4.78 is 30.6. The maximum absolute atomic E-state index is 13.0. The molecule has 2 unspecified atom stereocenters. The standard InChI is InChI=1S/C14H16BrFO3/c1-4-11(13-8-17-14(2,3)19-13)18-12-6-5-9(16)7-10(12)15/h4-7,11,13H,1,8H2,2-3H3. The van der Waals surface area contributed by atoms with Crippen LogP contribution in [-0.4, -0.2) is 24.6 Å². The third-order valence-corrected chi connectivity index (χ3v) is 3.41. The molecule has 5 heteroatoms. The molecule has 1 aliphatic rings. The minimum atomic E-state index is -0.616. The Hall–Kier alpha value is -0.910. The summed E-state index contributed by atoms with van der Waals surface area (Å²) in [6.07, 6.45) is 1.07. The van der Waals surface area contributed by atoms with E-state index < -0.39 is 5.79 Å². The molecule has 1 heterocycles. The minimum absolute atomic E-state index is 0.232. The molecule has 0 N–H and O–H groups in total. The fourth-order valence-corrected chi connectivity index (χ4v) is 2.31. The molecule has 0 amide bonds. The van der Waals surface area contributed by atoms with Gasteiger partial charge in [-0.15, -0.1) is 0 Å². The molecule has 0 saturated carbocycles. The van der Waals surface area contributed by atoms with Crippen molar-refractivity contribution in [3.8, 4) is 5.75 Å². The molecule has 2 atom stereocenters. The fourth-order valence-electron chi connectivity index (χ4n) is 1.87. The van der Waals surface area contributed by atoms with Gasteiger partial charge in [-0.2, -0.15) is 0 Å². The lowest BCUT2D eigenvalue weighted by Gasteiger charge is -2.23. The molecule has 1 saturated heterocycles. The number of hydrogen-bond donors (Lipinski definition) is 0. The van der Waals surface area contributed by atoms with Crippen molar-refractivity contribution in [2.24, 2.45) is 0 Å². The summed E-state index contributed by atoms with van der Waals surface area (Å²) in [6.45, 7) is 7.88. The molecule has 1 aliphatic heterocycles. The smallest absolute Gasteiger partial charge is 0.163 e. The summed E-state index contributed by atoms with van der Waals surface area (Å²) >= 11 is 3.26. The van der Waals surface area contributed by atoms with Crippen molar-refractivity contribution < 1.29 is 18.6 Å². The average molecular weight is 331 g/mol. The summed E-state index contributed by atoms with van der Waals surface area (Å²) in [4.78, 5) is 0. The Labute approximate surface area is 120 Å². The second-order valence-electron chi connectivity index (χ2n) is 4.76. The number of benzene rings is 1. The van der Waals surface area contributed by atoms with Crippen molar-refractivity contribution in [1.29, 1.82) is 0 Å². The SMILES string of the molecule is C=CC(Oc1ccc(F)cc1Br)C1COC(C)(C)O1. The zero-order valence-corrected chi connectivity index (χ0v) is 12.4. The van der Waals surface area contributed by atoms with Crippen molar-refractivity contribution in [1.82, 2.24) is 0 Å². The van der Waals surface area contributed by atoms with E-state index in [9.17, 15) is 4.39 Å². The van der Waals surface area contributed by atoms with Crippen LogP contribution in [0.4, 0.5) is 4.39 Å². The first-order chi connectivity index (χ1) is 8.91. The Kier molecular flexibility index (Phi) is 4.28. The second-order valence-corrected chi connectivity index (χ2v) is 5.61. The Balaban J connectivity index is 2.09. The van der Waals surface area contributed by atoms with Crippen molar-refractivity contribution in [2.45, 2.75) is 31.8 Å². The number of hydrogen-bond acceptors (Lipinski definition) is 3.